The van der Waals surface area contributed by atoms with Gasteiger partial charge in [-0.15, -0.1) is 22.7 Å². The summed E-state index contributed by atoms with van der Waals surface area (Å²) in [6.07, 6.45) is 0.935. The third-order valence-corrected chi connectivity index (χ3v) is 3.94. The molecule has 0 saturated heterocycles. The number of amides is 1. The topological polar surface area (TPSA) is 54.0 Å². The first kappa shape index (κ1) is 13.2. The summed E-state index contributed by atoms with van der Waals surface area (Å²) < 4.78 is 0. The quantitative estimate of drug-likeness (QED) is 0.800. The van der Waals surface area contributed by atoms with Gasteiger partial charge in [-0.3, -0.25) is 4.79 Å². The second kappa shape index (κ2) is 6.63. The highest BCUT2D eigenvalue weighted by molar-refractivity contribution is 7.10. The molecule has 2 rings (SSSR count). The third kappa shape index (κ3) is 3.90. The maximum absolute atomic E-state index is 11.0. The summed E-state index contributed by atoms with van der Waals surface area (Å²) in [5.41, 5.74) is 3.89. The fourth-order valence-electron chi connectivity index (χ4n) is 1.56. The minimum Gasteiger partial charge on any atom is -0.325 e. The zero-order valence-electron chi connectivity index (χ0n) is 10.1. The predicted molar refractivity (Wildman–Crippen MR) is 76.1 cm³/mol. The van der Waals surface area contributed by atoms with E-state index in [0.29, 0.717) is 0 Å². The number of thiazole rings is 1. The average molecular weight is 281 g/mol. The molecule has 2 aromatic rings. The summed E-state index contributed by atoms with van der Waals surface area (Å²) in [5, 5.41) is 10.2. The van der Waals surface area contributed by atoms with Crippen LogP contribution in [-0.2, 0) is 17.8 Å². The molecule has 0 bridgehead atoms. The van der Waals surface area contributed by atoms with Crippen LogP contribution in [0.4, 0.5) is 5.69 Å². The first-order valence-corrected chi connectivity index (χ1v) is 7.49. The number of thiophene rings is 1. The molecule has 6 heteroatoms. The summed E-state index contributed by atoms with van der Waals surface area (Å²) in [6.45, 7) is 3.19. The molecule has 1 amide bonds. The van der Waals surface area contributed by atoms with E-state index < -0.39 is 0 Å². The Morgan fingerprint density at radius 3 is 3.11 bits per heavy atom. The van der Waals surface area contributed by atoms with Gasteiger partial charge in [0.1, 0.15) is 0 Å². The van der Waals surface area contributed by atoms with Crippen molar-refractivity contribution in [3.8, 4) is 0 Å². The summed E-state index contributed by atoms with van der Waals surface area (Å²) in [6, 6.07) is 1.93. The molecule has 4 nitrogen and oxygen atoms in total. The van der Waals surface area contributed by atoms with Gasteiger partial charge in [-0.05, 0) is 11.4 Å². The lowest BCUT2D eigenvalue weighted by Crippen LogP contribution is -2.17. The number of nitrogens with zero attached hydrogens (tertiary/aromatic N) is 1. The van der Waals surface area contributed by atoms with Gasteiger partial charge in [0.2, 0.25) is 5.91 Å². The lowest BCUT2D eigenvalue weighted by molar-refractivity contribution is -0.114. The largest absolute Gasteiger partial charge is 0.325 e. The molecule has 0 fully saturated rings. The molecule has 2 aromatic heterocycles. The molecule has 0 saturated carbocycles. The van der Waals surface area contributed by atoms with Crippen LogP contribution in [0.1, 0.15) is 17.5 Å². The highest BCUT2D eigenvalue weighted by Crippen LogP contribution is 2.21. The molecule has 0 aliphatic rings. The molecule has 2 N–H and O–H groups in total. The second-order valence-corrected chi connectivity index (χ2v) is 5.56. The van der Waals surface area contributed by atoms with E-state index in [0.717, 1.165) is 35.8 Å². The van der Waals surface area contributed by atoms with Gasteiger partial charge in [0.25, 0.3) is 0 Å². The van der Waals surface area contributed by atoms with Gasteiger partial charge in [-0.1, -0.05) is 0 Å². The maximum atomic E-state index is 11.0. The molecule has 96 valence electrons. The van der Waals surface area contributed by atoms with Gasteiger partial charge in [-0.25, -0.2) is 4.98 Å². The van der Waals surface area contributed by atoms with E-state index in [1.54, 1.807) is 22.7 Å². The summed E-state index contributed by atoms with van der Waals surface area (Å²) in [4.78, 5) is 16.4. The van der Waals surface area contributed by atoms with E-state index in [-0.39, 0.29) is 5.91 Å². The minimum absolute atomic E-state index is 0.0304. The minimum atomic E-state index is -0.0304. The van der Waals surface area contributed by atoms with Gasteiger partial charge in [0, 0.05) is 36.7 Å². The van der Waals surface area contributed by atoms with Crippen LogP contribution in [0.3, 0.4) is 0 Å². The highest BCUT2D eigenvalue weighted by atomic mass is 32.1. The van der Waals surface area contributed by atoms with Crippen molar-refractivity contribution in [3.05, 3.63) is 32.9 Å². The number of anilines is 1. The Balaban J connectivity index is 1.76. The lowest BCUT2D eigenvalue weighted by Gasteiger charge is -2.05. The van der Waals surface area contributed by atoms with Crippen LogP contribution >= 0.6 is 22.7 Å². The van der Waals surface area contributed by atoms with Gasteiger partial charge < -0.3 is 10.6 Å². The van der Waals surface area contributed by atoms with E-state index in [4.69, 9.17) is 0 Å². The van der Waals surface area contributed by atoms with E-state index in [1.807, 2.05) is 17.0 Å². The summed E-state index contributed by atoms with van der Waals surface area (Å²) in [7, 11) is 0. The fourth-order valence-corrected chi connectivity index (χ4v) is 2.95. The molecule has 2 heterocycles. The zero-order chi connectivity index (χ0) is 12.8. The molecule has 0 atom stereocenters. The highest BCUT2D eigenvalue weighted by Gasteiger charge is 2.05. The average Bonchev–Trinajstić information content (AvgIpc) is 2.95. The molecule has 0 spiro atoms. The van der Waals surface area contributed by atoms with E-state index in [9.17, 15) is 4.79 Å². The van der Waals surface area contributed by atoms with Gasteiger partial charge in [-0.2, -0.15) is 0 Å². The second-order valence-electron chi connectivity index (χ2n) is 3.85. The Hall–Kier alpha value is -1.24. The number of carbonyl (C=O) groups excluding carboxylic acids is 1. The lowest BCUT2D eigenvalue weighted by atomic mass is 10.3. The first-order chi connectivity index (χ1) is 8.75. The maximum Gasteiger partial charge on any atom is 0.221 e. The number of carbonyl (C=O) groups is 1. The van der Waals surface area contributed by atoms with Gasteiger partial charge in [0.05, 0.1) is 16.9 Å². The van der Waals surface area contributed by atoms with Crippen LogP contribution in [0, 0.1) is 0 Å². The number of hydrogen-bond donors (Lipinski definition) is 2. The Kier molecular flexibility index (Phi) is 4.86. The number of nitrogens with one attached hydrogen (secondary N) is 2. The van der Waals surface area contributed by atoms with Gasteiger partial charge in [0.15, 0.2) is 0 Å². The molecule has 0 radical (unpaired) electrons. The van der Waals surface area contributed by atoms with Crippen molar-refractivity contribution < 1.29 is 4.79 Å². The smallest absolute Gasteiger partial charge is 0.221 e. The number of hydrogen-bond acceptors (Lipinski definition) is 5. The molecule has 0 aromatic carbocycles. The van der Waals surface area contributed by atoms with Crippen molar-refractivity contribution in [1.29, 1.82) is 0 Å². The monoisotopic (exact) mass is 281 g/mol. The molecule has 18 heavy (non-hydrogen) atoms. The van der Waals surface area contributed by atoms with Crippen molar-refractivity contribution >= 4 is 34.3 Å². The Morgan fingerprint density at radius 1 is 1.50 bits per heavy atom. The molecular formula is C12H15N3OS2. The Bertz CT molecular complexity index is 493. The molecule has 0 aliphatic heterocycles. The van der Waals surface area contributed by atoms with E-state index in [1.165, 1.54) is 6.92 Å². The van der Waals surface area contributed by atoms with Crippen LogP contribution in [0.5, 0.6) is 0 Å². The summed E-state index contributed by atoms with van der Waals surface area (Å²) in [5.74, 6) is -0.0304. The van der Waals surface area contributed by atoms with Crippen LogP contribution < -0.4 is 10.6 Å². The first-order valence-electron chi connectivity index (χ1n) is 5.67. The van der Waals surface area contributed by atoms with Gasteiger partial charge >= 0.3 is 0 Å². The number of rotatable bonds is 6. The molecule has 0 aliphatic carbocycles. The van der Waals surface area contributed by atoms with E-state index in [2.05, 4.69) is 21.0 Å². The fraction of sp³-hybridized carbons (Fsp3) is 0.333. The van der Waals surface area contributed by atoms with Crippen LogP contribution in [0.15, 0.2) is 22.3 Å². The molecule has 0 unspecified atom stereocenters. The van der Waals surface area contributed by atoms with Crippen molar-refractivity contribution in [3.63, 3.8) is 0 Å². The zero-order valence-corrected chi connectivity index (χ0v) is 11.7. The van der Waals surface area contributed by atoms with Crippen molar-refractivity contribution in [2.75, 3.05) is 11.9 Å². The predicted octanol–water partition coefficient (Wildman–Crippen LogP) is 2.50. The molecular weight excluding hydrogens is 266 g/mol. The number of aromatic nitrogens is 1. The summed E-state index contributed by atoms with van der Waals surface area (Å²) >= 11 is 3.27. The van der Waals surface area contributed by atoms with Crippen molar-refractivity contribution in [2.24, 2.45) is 0 Å². The van der Waals surface area contributed by atoms with Crippen molar-refractivity contribution in [1.82, 2.24) is 10.3 Å². The SMILES string of the molecule is CC(=O)Nc1ccsc1CNCCc1cscn1. The normalized spacial score (nSPS) is 10.5. The van der Waals surface area contributed by atoms with Crippen LogP contribution in [0.25, 0.3) is 0 Å². The van der Waals surface area contributed by atoms with Crippen molar-refractivity contribution in [2.45, 2.75) is 19.9 Å². The standard InChI is InChI=1S/C12H15N3OS2/c1-9(16)15-11-3-5-18-12(11)6-13-4-2-10-7-17-8-14-10/h3,5,7-8,13H,2,4,6H2,1H3,(H,15,16). The van der Waals surface area contributed by atoms with Crippen LogP contribution in [0.2, 0.25) is 0 Å². The Morgan fingerprint density at radius 2 is 2.39 bits per heavy atom. The van der Waals surface area contributed by atoms with Crippen LogP contribution in [-0.4, -0.2) is 17.4 Å². The third-order valence-electron chi connectivity index (χ3n) is 2.38. The Labute approximate surface area is 114 Å². The van der Waals surface area contributed by atoms with E-state index >= 15 is 0 Å².